The quantitative estimate of drug-likeness (QED) is 0.770. The molecular weight excluding hydrogens is 262 g/mol. The Morgan fingerprint density at radius 2 is 1.81 bits per heavy atom. The van der Waals surface area contributed by atoms with Gasteiger partial charge < -0.3 is 9.67 Å². The molecule has 1 heterocycles. The van der Waals surface area contributed by atoms with Gasteiger partial charge in [-0.2, -0.15) is 0 Å². The Balaban J connectivity index is 2.21. The predicted molar refractivity (Wildman–Crippen MR) is 85.8 cm³/mol. The number of hydrogen-bond acceptors (Lipinski definition) is 1. The third-order valence-corrected chi connectivity index (χ3v) is 3.92. The summed E-state index contributed by atoms with van der Waals surface area (Å²) in [4.78, 5) is 10.7. The molecule has 0 amide bonds. The zero-order valence-electron chi connectivity index (χ0n) is 12.3. The molecule has 1 aromatic heterocycles. The monoisotopic (exact) mass is 281 g/mol. The summed E-state index contributed by atoms with van der Waals surface area (Å²) in [5, 5.41) is 11.3. The molecule has 3 rings (SSSR count). The average molecular weight is 281 g/mol. The topological polar surface area (TPSA) is 42.2 Å². The molecule has 108 valence electrons. The first kappa shape index (κ1) is 13.7. The van der Waals surface area contributed by atoms with E-state index < -0.39 is 5.97 Å². The van der Waals surface area contributed by atoms with Gasteiger partial charge in [-0.15, -0.1) is 0 Å². The second-order valence-electron chi connectivity index (χ2n) is 5.73. The van der Waals surface area contributed by atoms with Gasteiger partial charge in [-0.05, 0) is 44.0 Å². The molecule has 0 aliphatic carbocycles. The second-order valence-corrected chi connectivity index (χ2v) is 5.73. The van der Waals surface area contributed by atoms with Crippen LogP contribution in [0.3, 0.4) is 0 Å². The van der Waals surface area contributed by atoms with Crippen molar-refractivity contribution in [3.63, 3.8) is 0 Å². The number of aryl methyl sites for hydroxylation is 1. The van der Waals surface area contributed by atoms with E-state index in [2.05, 4.69) is 54.8 Å². The first-order chi connectivity index (χ1) is 10.1. The third-order valence-electron chi connectivity index (χ3n) is 3.92. The van der Waals surface area contributed by atoms with Gasteiger partial charge in [0.15, 0.2) is 0 Å². The Morgan fingerprint density at radius 1 is 1.10 bits per heavy atom. The van der Waals surface area contributed by atoms with E-state index >= 15 is 0 Å². The van der Waals surface area contributed by atoms with Gasteiger partial charge in [0.05, 0.1) is 0 Å². The van der Waals surface area contributed by atoms with Crippen molar-refractivity contribution in [2.45, 2.75) is 32.7 Å². The van der Waals surface area contributed by atoms with E-state index in [9.17, 15) is 4.79 Å². The number of benzene rings is 2. The molecule has 0 aliphatic rings. The van der Waals surface area contributed by atoms with Crippen molar-refractivity contribution in [2.24, 2.45) is 0 Å². The zero-order valence-corrected chi connectivity index (χ0v) is 12.3. The molecular formula is C18H19NO2. The van der Waals surface area contributed by atoms with Gasteiger partial charge in [0.2, 0.25) is 0 Å². The van der Waals surface area contributed by atoms with Crippen LogP contribution in [0, 0.1) is 0 Å². The molecule has 21 heavy (non-hydrogen) atoms. The average Bonchev–Trinajstić information content (AvgIpc) is 2.79. The van der Waals surface area contributed by atoms with Crippen molar-refractivity contribution in [1.29, 1.82) is 0 Å². The maximum absolute atomic E-state index is 10.7. The van der Waals surface area contributed by atoms with Crippen LogP contribution in [0.5, 0.6) is 0 Å². The summed E-state index contributed by atoms with van der Waals surface area (Å²) in [5.74, 6) is -0.750. The number of carboxylic acids is 1. The number of fused-ring (bicyclic) bond motifs is 3. The Labute approximate surface area is 123 Å². The molecule has 0 aliphatic heterocycles. The fraction of sp³-hybridized carbons (Fsp3) is 0.278. The maximum Gasteiger partial charge on any atom is 0.303 e. The number of rotatable bonds is 4. The van der Waals surface area contributed by atoms with Crippen LogP contribution in [0.1, 0.15) is 31.9 Å². The SMILES string of the molecule is CC(C)n1c2ccccc2c2cc(CCC(=O)O)ccc21. The lowest BCUT2D eigenvalue weighted by molar-refractivity contribution is -0.136. The van der Waals surface area contributed by atoms with Crippen LogP contribution < -0.4 is 0 Å². The predicted octanol–water partition coefficient (Wildman–Crippen LogP) is 4.39. The fourth-order valence-corrected chi connectivity index (χ4v) is 3.01. The van der Waals surface area contributed by atoms with Gasteiger partial charge in [0, 0.05) is 34.3 Å². The van der Waals surface area contributed by atoms with Crippen LogP contribution in [0.4, 0.5) is 0 Å². The standard InChI is InChI=1S/C18H19NO2/c1-12(2)19-16-6-4-3-5-14(16)15-11-13(7-9-17(15)19)8-10-18(20)21/h3-7,9,11-12H,8,10H2,1-2H3,(H,20,21). The lowest BCUT2D eigenvalue weighted by Gasteiger charge is -2.11. The molecule has 0 spiro atoms. The van der Waals surface area contributed by atoms with Crippen molar-refractivity contribution in [2.75, 3.05) is 0 Å². The second kappa shape index (κ2) is 5.24. The van der Waals surface area contributed by atoms with E-state index in [0.29, 0.717) is 12.5 Å². The molecule has 0 unspecified atom stereocenters. The van der Waals surface area contributed by atoms with Crippen molar-refractivity contribution < 1.29 is 9.90 Å². The first-order valence-corrected chi connectivity index (χ1v) is 7.31. The number of aliphatic carboxylic acids is 1. The number of aromatic nitrogens is 1. The molecule has 3 nitrogen and oxygen atoms in total. The zero-order chi connectivity index (χ0) is 15.0. The summed E-state index contributed by atoms with van der Waals surface area (Å²) >= 11 is 0. The number of hydrogen-bond donors (Lipinski definition) is 1. The van der Waals surface area contributed by atoms with Crippen molar-refractivity contribution in [1.82, 2.24) is 4.57 Å². The van der Waals surface area contributed by atoms with E-state index in [4.69, 9.17) is 5.11 Å². The molecule has 0 bridgehead atoms. The van der Waals surface area contributed by atoms with E-state index in [-0.39, 0.29) is 6.42 Å². The van der Waals surface area contributed by atoms with Gasteiger partial charge in [-0.25, -0.2) is 0 Å². The minimum atomic E-state index is -0.750. The fourth-order valence-electron chi connectivity index (χ4n) is 3.01. The van der Waals surface area contributed by atoms with Crippen molar-refractivity contribution in [3.8, 4) is 0 Å². The highest BCUT2D eigenvalue weighted by Gasteiger charge is 2.12. The molecule has 0 fully saturated rings. The van der Waals surface area contributed by atoms with Gasteiger partial charge >= 0.3 is 5.97 Å². The Kier molecular flexibility index (Phi) is 3.42. The van der Waals surface area contributed by atoms with E-state index in [1.165, 1.54) is 21.8 Å². The Morgan fingerprint density at radius 3 is 2.52 bits per heavy atom. The number of para-hydroxylation sites is 1. The van der Waals surface area contributed by atoms with Crippen LogP contribution in [0.2, 0.25) is 0 Å². The third kappa shape index (κ3) is 2.40. The van der Waals surface area contributed by atoms with Gasteiger partial charge in [-0.1, -0.05) is 24.3 Å². The number of nitrogens with zero attached hydrogens (tertiary/aromatic N) is 1. The summed E-state index contributed by atoms with van der Waals surface area (Å²) in [5.41, 5.74) is 3.53. The van der Waals surface area contributed by atoms with Crippen LogP contribution in [-0.4, -0.2) is 15.6 Å². The molecule has 2 aromatic carbocycles. The van der Waals surface area contributed by atoms with Crippen LogP contribution in [0.15, 0.2) is 42.5 Å². The highest BCUT2D eigenvalue weighted by Crippen LogP contribution is 2.32. The summed E-state index contributed by atoms with van der Waals surface area (Å²) < 4.78 is 2.34. The molecule has 0 atom stereocenters. The Bertz CT molecular complexity index is 815. The molecule has 3 aromatic rings. The minimum Gasteiger partial charge on any atom is -0.481 e. The van der Waals surface area contributed by atoms with Gasteiger partial charge in [0.1, 0.15) is 0 Å². The van der Waals surface area contributed by atoms with Crippen LogP contribution >= 0.6 is 0 Å². The molecule has 0 radical (unpaired) electrons. The van der Waals surface area contributed by atoms with E-state index in [1.807, 2.05) is 6.07 Å². The summed E-state index contributed by atoms with van der Waals surface area (Å²) in [6.45, 7) is 4.37. The summed E-state index contributed by atoms with van der Waals surface area (Å²) in [6.07, 6.45) is 0.751. The minimum absolute atomic E-state index is 0.175. The molecule has 0 saturated heterocycles. The molecule has 1 N–H and O–H groups in total. The van der Waals surface area contributed by atoms with E-state index in [0.717, 1.165) is 5.56 Å². The lowest BCUT2D eigenvalue weighted by atomic mass is 10.1. The maximum atomic E-state index is 10.7. The van der Waals surface area contributed by atoms with Crippen LogP contribution in [0.25, 0.3) is 21.8 Å². The van der Waals surface area contributed by atoms with Crippen LogP contribution in [-0.2, 0) is 11.2 Å². The van der Waals surface area contributed by atoms with Gasteiger partial charge in [-0.3, -0.25) is 4.79 Å². The van der Waals surface area contributed by atoms with Crippen molar-refractivity contribution >= 4 is 27.8 Å². The normalized spacial score (nSPS) is 11.6. The summed E-state index contributed by atoms with van der Waals surface area (Å²) in [7, 11) is 0. The smallest absolute Gasteiger partial charge is 0.303 e. The Hall–Kier alpha value is -2.29. The highest BCUT2D eigenvalue weighted by molar-refractivity contribution is 6.08. The molecule has 3 heteroatoms. The van der Waals surface area contributed by atoms with Crippen molar-refractivity contribution in [3.05, 3.63) is 48.0 Å². The summed E-state index contributed by atoms with van der Waals surface area (Å²) in [6, 6.07) is 15.1. The van der Waals surface area contributed by atoms with Gasteiger partial charge in [0.25, 0.3) is 0 Å². The highest BCUT2D eigenvalue weighted by atomic mass is 16.4. The number of carbonyl (C=O) groups is 1. The largest absolute Gasteiger partial charge is 0.481 e. The molecule has 0 saturated carbocycles. The van der Waals surface area contributed by atoms with E-state index in [1.54, 1.807) is 0 Å². The lowest BCUT2D eigenvalue weighted by Crippen LogP contribution is -2.00. The number of carboxylic acid groups (broad SMARTS) is 1. The first-order valence-electron chi connectivity index (χ1n) is 7.31.